The molecule has 0 aromatic heterocycles. The van der Waals surface area contributed by atoms with E-state index in [1.807, 2.05) is 0 Å². The molecule has 0 unspecified atom stereocenters. The monoisotopic (exact) mass is 238 g/mol. The van der Waals surface area contributed by atoms with Crippen molar-refractivity contribution in [3.63, 3.8) is 0 Å². The molecule has 0 saturated carbocycles. The molecule has 0 aliphatic carbocycles. The molecule has 0 N–H and O–H groups in total. The Kier molecular flexibility index (Phi) is 7.45. The Morgan fingerprint density at radius 2 is 1.00 bits per heavy atom. The summed E-state index contributed by atoms with van der Waals surface area (Å²) in [4.78, 5) is 0. The first-order valence-corrected chi connectivity index (χ1v) is 6.58. The minimum atomic E-state index is 0.378. The lowest BCUT2D eigenvalue weighted by Gasteiger charge is -2.14. The molecule has 1 nitrogen and oxygen atoms in total. The summed E-state index contributed by atoms with van der Waals surface area (Å²) < 4.78 is 5.49. The summed E-state index contributed by atoms with van der Waals surface area (Å²) in [5.74, 6) is 0. The van der Waals surface area contributed by atoms with Crippen LogP contribution in [0, 0.1) is 10.8 Å². The fraction of sp³-hybridized carbons (Fsp3) is 0.750. The Morgan fingerprint density at radius 3 is 1.29 bits per heavy atom. The molecule has 0 fully saturated rings. The van der Waals surface area contributed by atoms with Crippen LogP contribution < -0.4 is 0 Å². The first-order chi connectivity index (χ1) is 7.71. The highest BCUT2D eigenvalue weighted by molar-refractivity contribution is 4.88. The van der Waals surface area contributed by atoms with Crippen molar-refractivity contribution in [3.05, 3.63) is 24.3 Å². The summed E-state index contributed by atoms with van der Waals surface area (Å²) in [5, 5.41) is 0. The lowest BCUT2D eigenvalue weighted by Crippen LogP contribution is -2.02. The molecule has 0 aliphatic heterocycles. The SMILES string of the molecule is CC(C)(C)CC=CCOCC=CCC(C)(C)C. The Labute approximate surface area is 108 Å². The zero-order valence-corrected chi connectivity index (χ0v) is 12.5. The van der Waals surface area contributed by atoms with Crippen molar-refractivity contribution >= 4 is 0 Å². The standard InChI is InChI=1S/C16H30O/c1-15(2,3)11-7-9-13-17-14-10-8-12-16(4,5)6/h7-10H,11-14H2,1-6H3. The van der Waals surface area contributed by atoms with Crippen LogP contribution in [0.1, 0.15) is 54.4 Å². The maximum atomic E-state index is 5.49. The molecule has 100 valence electrons. The molecule has 0 bridgehead atoms. The van der Waals surface area contributed by atoms with Gasteiger partial charge in [-0.05, 0) is 23.7 Å². The minimum absolute atomic E-state index is 0.378. The second-order valence-corrected chi connectivity index (χ2v) is 7.01. The van der Waals surface area contributed by atoms with Gasteiger partial charge in [-0.3, -0.25) is 0 Å². The van der Waals surface area contributed by atoms with E-state index in [0.29, 0.717) is 10.8 Å². The van der Waals surface area contributed by atoms with Crippen LogP contribution in [0.2, 0.25) is 0 Å². The third-order valence-electron chi connectivity index (χ3n) is 2.22. The average Bonchev–Trinajstić information content (AvgIpc) is 2.11. The van der Waals surface area contributed by atoms with Gasteiger partial charge < -0.3 is 4.74 Å². The van der Waals surface area contributed by atoms with Gasteiger partial charge in [0.15, 0.2) is 0 Å². The van der Waals surface area contributed by atoms with Gasteiger partial charge in [-0.15, -0.1) is 0 Å². The topological polar surface area (TPSA) is 9.23 Å². The van der Waals surface area contributed by atoms with Gasteiger partial charge in [0.25, 0.3) is 0 Å². The van der Waals surface area contributed by atoms with Gasteiger partial charge in [0.05, 0.1) is 13.2 Å². The second kappa shape index (κ2) is 7.71. The van der Waals surface area contributed by atoms with Crippen LogP contribution in [0.4, 0.5) is 0 Å². The van der Waals surface area contributed by atoms with Crippen molar-refractivity contribution in [2.45, 2.75) is 54.4 Å². The van der Waals surface area contributed by atoms with E-state index in [4.69, 9.17) is 4.74 Å². The second-order valence-electron chi connectivity index (χ2n) is 7.01. The van der Waals surface area contributed by atoms with E-state index in [-0.39, 0.29) is 0 Å². The van der Waals surface area contributed by atoms with Crippen LogP contribution in [0.25, 0.3) is 0 Å². The maximum Gasteiger partial charge on any atom is 0.0651 e. The van der Waals surface area contributed by atoms with Crippen LogP contribution in [-0.4, -0.2) is 13.2 Å². The van der Waals surface area contributed by atoms with E-state index >= 15 is 0 Å². The predicted octanol–water partition coefficient (Wildman–Crippen LogP) is 4.99. The van der Waals surface area contributed by atoms with Gasteiger partial charge >= 0.3 is 0 Å². The molecule has 0 amide bonds. The molecule has 0 saturated heterocycles. The van der Waals surface area contributed by atoms with E-state index in [0.717, 1.165) is 26.1 Å². The van der Waals surface area contributed by atoms with Crippen molar-refractivity contribution < 1.29 is 4.74 Å². The third kappa shape index (κ3) is 15.4. The zero-order valence-electron chi connectivity index (χ0n) is 12.5. The minimum Gasteiger partial charge on any atom is -0.373 e. The smallest absolute Gasteiger partial charge is 0.0651 e. The van der Waals surface area contributed by atoms with E-state index in [1.165, 1.54) is 0 Å². The Balaban J connectivity index is 3.47. The van der Waals surface area contributed by atoms with Crippen LogP contribution in [-0.2, 0) is 4.74 Å². The van der Waals surface area contributed by atoms with Gasteiger partial charge in [0.2, 0.25) is 0 Å². The van der Waals surface area contributed by atoms with Crippen LogP contribution in [0.3, 0.4) is 0 Å². The largest absolute Gasteiger partial charge is 0.373 e. The fourth-order valence-corrected chi connectivity index (χ4v) is 1.21. The number of rotatable bonds is 6. The Bertz CT molecular complexity index is 209. The molecule has 0 atom stereocenters. The molecule has 0 heterocycles. The van der Waals surface area contributed by atoms with Crippen LogP contribution in [0.15, 0.2) is 24.3 Å². The molecule has 0 spiro atoms. The summed E-state index contributed by atoms with van der Waals surface area (Å²) in [6.45, 7) is 14.9. The number of allylic oxidation sites excluding steroid dienone is 2. The van der Waals surface area contributed by atoms with Crippen molar-refractivity contribution in [2.75, 3.05) is 13.2 Å². The summed E-state index contributed by atoms with van der Waals surface area (Å²) >= 11 is 0. The zero-order chi connectivity index (χ0) is 13.4. The molecule has 1 heteroatoms. The Hall–Kier alpha value is -0.560. The number of ether oxygens (including phenoxy) is 1. The van der Waals surface area contributed by atoms with E-state index in [2.05, 4.69) is 65.8 Å². The molecule has 0 aromatic rings. The van der Waals surface area contributed by atoms with E-state index < -0.39 is 0 Å². The maximum absolute atomic E-state index is 5.49. The molecular weight excluding hydrogens is 208 g/mol. The average molecular weight is 238 g/mol. The van der Waals surface area contributed by atoms with Crippen LogP contribution in [0.5, 0.6) is 0 Å². The first kappa shape index (κ1) is 16.4. The normalized spacial score (nSPS) is 14.0. The molecule has 17 heavy (non-hydrogen) atoms. The number of hydrogen-bond acceptors (Lipinski definition) is 1. The Morgan fingerprint density at radius 1 is 0.647 bits per heavy atom. The molecule has 0 aliphatic rings. The summed E-state index contributed by atoms with van der Waals surface area (Å²) in [6, 6.07) is 0. The number of hydrogen-bond donors (Lipinski definition) is 0. The summed E-state index contributed by atoms with van der Waals surface area (Å²) in [6.07, 6.45) is 10.9. The molecule has 0 rings (SSSR count). The van der Waals surface area contributed by atoms with Gasteiger partial charge in [-0.2, -0.15) is 0 Å². The van der Waals surface area contributed by atoms with Crippen molar-refractivity contribution in [3.8, 4) is 0 Å². The van der Waals surface area contributed by atoms with Crippen molar-refractivity contribution in [1.82, 2.24) is 0 Å². The summed E-state index contributed by atoms with van der Waals surface area (Å²) in [5.41, 5.74) is 0.756. The molecule has 0 radical (unpaired) electrons. The van der Waals surface area contributed by atoms with Crippen molar-refractivity contribution in [2.24, 2.45) is 10.8 Å². The molecular formula is C16H30O. The third-order valence-corrected chi connectivity index (χ3v) is 2.22. The lowest BCUT2D eigenvalue weighted by molar-refractivity contribution is 0.193. The van der Waals surface area contributed by atoms with Gasteiger partial charge in [-0.1, -0.05) is 65.8 Å². The van der Waals surface area contributed by atoms with Gasteiger partial charge in [0.1, 0.15) is 0 Å². The summed E-state index contributed by atoms with van der Waals surface area (Å²) in [7, 11) is 0. The predicted molar refractivity (Wildman–Crippen MR) is 77.2 cm³/mol. The van der Waals surface area contributed by atoms with Gasteiger partial charge in [-0.25, -0.2) is 0 Å². The van der Waals surface area contributed by atoms with Crippen molar-refractivity contribution in [1.29, 1.82) is 0 Å². The fourth-order valence-electron chi connectivity index (χ4n) is 1.21. The lowest BCUT2D eigenvalue weighted by atomic mass is 9.92. The van der Waals surface area contributed by atoms with E-state index in [9.17, 15) is 0 Å². The van der Waals surface area contributed by atoms with E-state index in [1.54, 1.807) is 0 Å². The highest BCUT2D eigenvalue weighted by Crippen LogP contribution is 2.19. The van der Waals surface area contributed by atoms with Crippen LogP contribution >= 0.6 is 0 Å². The first-order valence-electron chi connectivity index (χ1n) is 6.58. The quantitative estimate of drug-likeness (QED) is 0.468. The van der Waals surface area contributed by atoms with Gasteiger partial charge in [0, 0.05) is 0 Å². The highest BCUT2D eigenvalue weighted by atomic mass is 16.5. The highest BCUT2D eigenvalue weighted by Gasteiger charge is 2.06. The molecule has 0 aromatic carbocycles.